The van der Waals surface area contributed by atoms with Crippen molar-refractivity contribution in [3.05, 3.63) is 52.5 Å². The number of rotatable bonds is 5. The van der Waals surface area contributed by atoms with Gasteiger partial charge in [0.1, 0.15) is 5.75 Å². The van der Waals surface area contributed by atoms with E-state index in [1.54, 1.807) is 0 Å². The second-order valence-electron chi connectivity index (χ2n) is 5.20. The van der Waals surface area contributed by atoms with E-state index in [-0.39, 0.29) is 28.3 Å². The number of nitrogens with one attached hydrogen (secondary N) is 2. The van der Waals surface area contributed by atoms with Crippen LogP contribution in [0.4, 0.5) is 5.69 Å². The van der Waals surface area contributed by atoms with E-state index < -0.39 is 21.7 Å². The number of H-pyrrole nitrogens is 1. The SMILES string of the molecule is O=C(O)Cc1ccc(O)c(NS(=O)(=O)c2ccc3[nH]c(=O)oc3c2)c1. The lowest BCUT2D eigenvalue weighted by Crippen LogP contribution is -2.13. The number of carbonyl (C=O) groups is 1. The van der Waals surface area contributed by atoms with Gasteiger partial charge in [0, 0.05) is 6.07 Å². The molecule has 0 spiro atoms. The van der Waals surface area contributed by atoms with E-state index in [4.69, 9.17) is 9.52 Å². The average molecular weight is 364 g/mol. The molecule has 10 heteroatoms. The molecule has 0 amide bonds. The molecule has 25 heavy (non-hydrogen) atoms. The van der Waals surface area contributed by atoms with E-state index in [9.17, 15) is 23.1 Å². The Morgan fingerprint density at radius 1 is 1.20 bits per heavy atom. The van der Waals surface area contributed by atoms with Crippen LogP contribution in [-0.2, 0) is 21.2 Å². The summed E-state index contributed by atoms with van der Waals surface area (Å²) < 4.78 is 31.9. The minimum absolute atomic E-state index is 0.0664. The minimum atomic E-state index is -4.10. The van der Waals surface area contributed by atoms with Crippen LogP contribution in [0, 0.1) is 0 Å². The lowest BCUT2D eigenvalue weighted by Gasteiger charge is -2.11. The van der Waals surface area contributed by atoms with Gasteiger partial charge in [0.15, 0.2) is 5.58 Å². The number of sulfonamides is 1. The molecule has 0 aliphatic heterocycles. The molecule has 0 fully saturated rings. The summed E-state index contributed by atoms with van der Waals surface area (Å²) in [5.74, 6) is -2.16. The topological polar surface area (TPSA) is 150 Å². The van der Waals surface area contributed by atoms with E-state index in [1.165, 1.54) is 30.3 Å². The summed E-state index contributed by atoms with van der Waals surface area (Å²) in [7, 11) is -4.10. The molecule has 0 saturated carbocycles. The Morgan fingerprint density at radius 2 is 1.96 bits per heavy atom. The molecule has 3 rings (SSSR count). The Labute approximate surface area is 140 Å². The highest BCUT2D eigenvalue weighted by molar-refractivity contribution is 7.92. The molecule has 0 aliphatic carbocycles. The Kier molecular flexibility index (Phi) is 3.97. The van der Waals surface area contributed by atoms with Crippen LogP contribution in [0.5, 0.6) is 5.75 Å². The van der Waals surface area contributed by atoms with Crippen LogP contribution in [0.25, 0.3) is 11.1 Å². The second kappa shape index (κ2) is 5.98. The summed E-state index contributed by atoms with van der Waals surface area (Å²) >= 11 is 0. The van der Waals surface area contributed by atoms with Gasteiger partial charge in [0.2, 0.25) is 0 Å². The van der Waals surface area contributed by atoms with Crippen LogP contribution in [0.15, 0.2) is 50.5 Å². The zero-order valence-corrected chi connectivity index (χ0v) is 13.3. The van der Waals surface area contributed by atoms with Crippen molar-refractivity contribution in [3.63, 3.8) is 0 Å². The maximum absolute atomic E-state index is 12.5. The quantitative estimate of drug-likeness (QED) is 0.498. The summed E-state index contributed by atoms with van der Waals surface area (Å²) in [5.41, 5.74) is 0.566. The Morgan fingerprint density at radius 3 is 2.68 bits per heavy atom. The number of anilines is 1. The van der Waals surface area contributed by atoms with Crippen molar-refractivity contribution in [2.45, 2.75) is 11.3 Å². The molecular weight excluding hydrogens is 352 g/mol. The third kappa shape index (κ3) is 3.48. The first kappa shape index (κ1) is 16.6. The number of phenolic OH excluding ortho intramolecular Hbond substituents is 1. The molecule has 3 aromatic rings. The predicted molar refractivity (Wildman–Crippen MR) is 87.1 cm³/mol. The zero-order valence-electron chi connectivity index (χ0n) is 12.5. The molecule has 0 aliphatic rings. The van der Waals surface area contributed by atoms with Gasteiger partial charge in [-0.1, -0.05) is 6.07 Å². The Balaban J connectivity index is 1.97. The molecule has 9 nitrogen and oxygen atoms in total. The van der Waals surface area contributed by atoms with Crippen LogP contribution >= 0.6 is 0 Å². The molecule has 2 aromatic carbocycles. The van der Waals surface area contributed by atoms with Gasteiger partial charge < -0.3 is 14.6 Å². The lowest BCUT2D eigenvalue weighted by molar-refractivity contribution is -0.136. The van der Waals surface area contributed by atoms with Gasteiger partial charge in [-0.25, -0.2) is 13.2 Å². The second-order valence-corrected chi connectivity index (χ2v) is 6.88. The third-order valence-corrected chi connectivity index (χ3v) is 4.73. The fraction of sp³-hybridized carbons (Fsp3) is 0.0667. The number of oxazole rings is 1. The lowest BCUT2D eigenvalue weighted by atomic mass is 10.1. The first-order chi connectivity index (χ1) is 11.7. The van der Waals surface area contributed by atoms with Crippen molar-refractivity contribution in [2.75, 3.05) is 4.72 Å². The molecule has 1 heterocycles. The van der Waals surface area contributed by atoms with Gasteiger partial charge in [0.25, 0.3) is 10.0 Å². The molecule has 1 aromatic heterocycles. The summed E-state index contributed by atoms with van der Waals surface area (Å²) in [5, 5.41) is 18.6. The third-order valence-electron chi connectivity index (χ3n) is 3.36. The number of hydrogen-bond acceptors (Lipinski definition) is 6. The van der Waals surface area contributed by atoms with Crippen molar-refractivity contribution in [1.29, 1.82) is 0 Å². The standard InChI is InChI=1S/C15H12N2O7S/c18-12-4-1-8(6-14(19)20)5-11(12)17-25(22,23)9-2-3-10-13(7-9)24-15(21)16-10/h1-5,7,17-18H,6H2,(H,16,21)(H,19,20). The molecule has 0 atom stereocenters. The summed E-state index contributed by atoms with van der Waals surface area (Å²) in [4.78, 5) is 24.1. The molecule has 0 saturated heterocycles. The summed E-state index contributed by atoms with van der Waals surface area (Å²) in [6.07, 6.45) is -0.324. The number of carboxylic acids is 1. The van der Waals surface area contributed by atoms with Crippen LogP contribution in [0.3, 0.4) is 0 Å². The van der Waals surface area contributed by atoms with Crippen molar-refractivity contribution < 1.29 is 27.8 Å². The number of fused-ring (bicyclic) bond motifs is 1. The number of hydrogen-bond donors (Lipinski definition) is 4. The van der Waals surface area contributed by atoms with Gasteiger partial charge in [0.05, 0.1) is 22.5 Å². The number of phenols is 1. The largest absolute Gasteiger partial charge is 0.506 e. The van der Waals surface area contributed by atoms with Gasteiger partial charge in [-0.3, -0.25) is 14.5 Å². The summed E-state index contributed by atoms with van der Waals surface area (Å²) in [6, 6.07) is 7.60. The molecule has 0 radical (unpaired) electrons. The molecule has 4 N–H and O–H groups in total. The number of aromatic nitrogens is 1. The summed E-state index contributed by atoms with van der Waals surface area (Å²) in [6.45, 7) is 0. The van der Waals surface area contributed by atoms with E-state index >= 15 is 0 Å². The van der Waals surface area contributed by atoms with Crippen LogP contribution < -0.4 is 10.5 Å². The van der Waals surface area contributed by atoms with E-state index in [2.05, 4.69) is 9.71 Å². The first-order valence-corrected chi connectivity index (χ1v) is 8.42. The number of benzene rings is 2. The van der Waals surface area contributed by atoms with Gasteiger partial charge in [-0.15, -0.1) is 0 Å². The van der Waals surface area contributed by atoms with Crippen molar-refractivity contribution >= 4 is 32.8 Å². The van der Waals surface area contributed by atoms with Crippen molar-refractivity contribution in [3.8, 4) is 5.75 Å². The Bertz CT molecular complexity index is 1130. The molecule has 130 valence electrons. The minimum Gasteiger partial charge on any atom is -0.506 e. The van der Waals surface area contributed by atoms with Crippen molar-refractivity contribution in [1.82, 2.24) is 4.98 Å². The number of aliphatic carboxylic acids is 1. The smallest absolute Gasteiger partial charge is 0.417 e. The maximum atomic E-state index is 12.5. The van der Waals surface area contributed by atoms with Crippen molar-refractivity contribution in [2.24, 2.45) is 0 Å². The van der Waals surface area contributed by atoms with E-state index in [0.29, 0.717) is 11.1 Å². The number of aromatic amines is 1. The fourth-order valence-electron chi connectivity index (χ4n) is 2.25. The fourth-order valence-corrected chi connectivity index (χ4v) is 3.33. The van der Waals surface area contributed by atoms with Crippen LogP contribution in [0.2, 0.25) is 0 Å². The number of carboxylic acid groups (broad SMARTS) is 1. The van der Waals surface area contributed by atoms with Gasteiger partial charge >= 0.3 is 11.7 Å². The highest BCUT2D eigenvalue weighted by atomic mass is 32.2. The molecule has 0 bridgehead atoms. The van der Waals surface area contributed by atoms with Gasteiger partial charge in [-0.05, 0) is 29.8 Å². The zero-order chi connectivity index (χ0) is 18.2. The molecular formula is C15H12N2O7S. The average Bonchev–Trinajstić information content (AvgIpc) is 2.89. The molecule has 0 unspecified atom stereocenters. The normalized spacial score (nSPS) is 11.5. The van der Waals surface area contributed by atoms with Crippen LogP contribution in [-0.4, -0.2) is 29.6 Å². The van der Waals surface area contributed by atoms with Gasteiger partial charge in [-0.2, -0.15) is 0 Å². The Hall–Kier alpha value is -3.27. The maximum Gasteiger partial charge on any atom is 0.417 e. The monoisotopic (exact) mass is 364 g/mol. The highest BCUT2D eigenvalue weighted by Crippen LogP contribution is 2.28. The van der Waals surface area contributed by atoms with E-state index in [1.807, 2.05) is 0 Å². The predicted octanol–water partition coefficient (Wildman–Crippen LogP) is 1.25. The first-order valence-electron chi connectivity index (χ1n) is 6.94. The highest BCUT2D eigenvalue weighted by Gasteiger charge is 2.18. The van der Waals surface area contributed by atoms with E-state index in [0.717, 1.165) is 6.07 Å². The van der Waals surface area contributed by atoms with Crippen LogP contribution in [0.1, 0.15) is 5.56 Å². The number of aromatic hydroxyl groups is 1.